The van der Waals surface area contributed by atoms with E-state index in [9.17, 15) is 0 Å². The van der Waals surface area contributed by atoms with Crippen LogP contribution in [0.5, 0.6) is 0 Å². The molecule has 4 nitrogen and oxygen atoms in total. The molecule has 2 aromatic heterocycles. The van der Waals surface area contributed by atoms with Gasteiger partial charge in [-0.05, 0) is 37.8 Å². The number of para-hydroxylation sites is 1. The Morgan fingerprint density at radius 3 is 2.90 bits per heavy atom. The monoisotopic (exact) mass is 280 g/mol. The third-order valence-corrected chi connectivity index (χ3v) is 3.62. The molecule has 0 atom stereocenters. The number of nitrogens with zero attached hydrogens (tertiary/aromatic N) is 3. The average molecular weight is 280 g/mol. The zero-order valence-electron chi connectivity index (χ0n) is 12.5. The van der Waals surface area contributed by atoms with E-state index in [0.717, 1.165) is 36.7 Å². The van der Waals surface area contributed by atoms with Crippen LogP contribution in [0.1, 0.15) is 17.8 Å². The molecular weight excluding hydrogens is 260 g/mol. The second kappa shape index (κ2) is 5.95. The summed E-state index contributed by atoms with van der Waals surface area (Å²) in [6.07, 6.45) is 5.00. The van der Waals surface area contributed by atoms with Crippen LogP contribution < -0.4 is 5.32 Å². The van der Waals surface area contributed by atoms with Gasteiger partial charge in [-0.25, -0.2) is 4.98 Å². The van der Waals surface area contributed by atoms with Gasteiger partial charge < -0.3 is 9.88 Å². The number of hydrogen-bond donors (Lipinski definition) is 1. The fraction of sp³-hybridized carbons (Fsp3) is 0.294. The lowest BCUT2D eigenvalue weighted by Crippen LogP contribution is -2.09. The fourth-order valence-corrected chi connectivity index (χ4v) is 2.50. The van der Waals surface area contributed by atoms with E-state index >= 15 is 0 Å². The van der Waals surface area contributed by atoms with Crippen molar-refractivity contribution in [1.82, 2.24) is 14.5 Å². The van der Waals surface area contributed by atoms with E-state index in [1.165, 1.54) is 10.9 Å². The summed E-state index contributed by atoms with van der Waals surface area (Å²) in [7, 11) is 0. The Morgan fingerprint density at radius 1 is 1.14 bits per heavy atom. The standard InChI is InChI=1S/C17H20N4/c1-13-12-19-14(2)17(20-13)18-9-5-10-21-11-8-15-6-3-4-7-16(15)21/h3-4,6-8,11-12H,5,9-10H2,1-2H3,(H,18,20). The molecule has 0 saturated heterocycles. The fourth-order valence-electron chi connectivity index (χ4n) is 2.50. The maximum absolute atomic E-state index is 4.48. The molecule has 1 aromatic carbocycles. The van der Waals surface area contributed by atoms with Crippen LogP contribution >= 0.6 is 0 Å². The number of aromatic nitrogens is 3. The second-order valence-corrected chi connectivity index (χ2v) is 5.29. The minimum Gasteiger partial charge on any atom is -0.368 e. The van der Waals surface area contributed by atoms with Crippen molar-refractivity contribution in [3.05, 3.63) is 54.1 Å². The highest BCUT2D eigenvalue weighted by atomic mass is 15.0. The molecule has 2 heterocycles. The van der Waals surface area contributed by atoms with Crippen LogP contribution in [0.15, 0.2) is 42.7 Å². The second-order valence-electron chi connectivity index (χ2n) is 5.29. The summed E-state index contributed by atoms with van der Waals surface area (Å²) in [5.41, 5.74) is 3.19. The summed E-state index contributed by atoms with van der Waals surface area (Å²) >= 11 is 0. The van der Waals surface area contributed by atoms with Gasteiger partial charge in [-0.1, -0.05) is 18.2 Å². The smallest absolute Gasteiger partial charge is 0.147 e. The summed E-state index contributed by atoms with van der Waals surface area (Å²) < 4.78 is 2.30. The molecule has 3 aromatic rings. The van der Waals surface area contributed by atoms with Crippen molar-refractivity contribution in [2.45, 2.75) is 26.8 Å². The van der Waals surface area contributed by atoms with E-state index < -0.39 is 0 Å². The molecule has 0 amide bonds. The van der Waals surface area contributed by atoms with Gasteiger partial charge in [0.2, 0.25) is 0 Å². The molecule has 0 bridgehead atoms. The third-order valence-electron chi connectivity index (χ3n) is 3.62. The summed E-state index contributed by atoms with van der Waals surface area (Å²) in [6, 6.07) is 10.6. The molecule has 108 valence electrons. The molecule has 3 rings (SSSR count). The molecule has 0 radical (unpaired) electrons. The zero-order valence-corrected chi connectivity index (χ0v) is 12.5. The van der Waals surface area contributed by atoms with Crippen LogP contribution in [0.25, 0.3) is 10.9 Å². The number of hydrogen-bond acceptors (Lipinski definition) is 3. The highest BCUT2D eigenvalue weighted by Crippen LogP contribution is 2.15. The van der Waals surface area contributed by atoms with Gasteiger partial charge >= 0.3 is 0 Å². The molecule has 4 heteroatoms. The van der Waals surface area contributed by atoms with Crippen molar-refractivity contribution >= 4 is 16.7 Å². The number of rotatable bonds is 5. The van der Waals surface area contributed by atoms with Gasteiger partial charge in [0.25, 0.3) is 0 Å². The van der Waals surface area contributed by atoms with Gasteiger partial charge in [0.05, 0.1) is 11.4 Å². The summed E-state index contributed by atoms with van der Waals surface area (Å²) in [4.78, 5) is 8.79. The molecule has 0 aliphatic carbocycles. The van der Waals surface area contributed by atoms with Crippen LogP contribution in [0.3, 0.4) is 0 Å². The normalized spacial score (nSPS) is 11.0. The van der Waals surface area contributed by atoms with Gasteiger partial charge in [-0.15, -0.1) is 0 Å². The predicted octanol–water partition coefficient (Wildman–Crippen LogP) is 3.55. The number of anilines is 1. The molecule has 0 unspecified atom stereocenters. The summed E-state index contributed by atoms with van der Waals surface area (Å²) in [5, 5.41) is 4.67. The maximum Gasteiger partial charge on any atom is 0.147 e. The molecule has 0 spiro atoms. The predicted molar refractivity (Wildman–Crippen MR) is 86.6 cm³/mol. The minimum atomic E-state index is 0.894. The van der Waals surface area contributed by atoms with Gasteiger partial charge in [0.15, 0.2) is 0 Å². The first kappa shape index (κ1) is 13.6. The van der Waals surface area contributed by atoms with Crippen molar-refractivity contribution in [2.24, 2.45) is 0 Å². The van der Waals surface area contributed by atoms with Crippen molar-refractivity contribution in [3.8, 4) is 0 Å². The molecule has 0 saturated carbocycles. The third kappa shape index (κ3) is 3.05. The van der Waals surface area contributed by atoms with E-state index in [4.69, 9.17) is 0 Å². The van der Waals surface area contributed by atoms with Crippen molar-refractivity contribution < 1.29 is 0 Å². The lowest BCUT2D eigenvalue weighted by molar-refractivity contribution is 0.681. The summed E-state index contributed by atoms with van der Waals surface area (Å²) in [5.74, 6) is 0.896. The number of benzene rings is 1. The highest BCUT2D eigenvalue weighted by Gasteiger charge is 2.02. The number of nitrogens with one attached hydrogen (secondary N) is 1. The maximum atomic E-state index is 4.48. The van der Waals surface area contributed by atoms with Crippen LogP contribution in [0, 0.1) is 13.8 Å². The first-order chi connectivity index (χ1) is 10.2. The molecule has 0 fully saturated rings. The van der Waals surface area contributed by atoms with Crippen LogP contribution in [0.2, 0.25) is 0 Å². The van der Waals surface area contributed by atoms with Crippen molar-refractivity contribution in [2.75, 3.05) is 11.9 Å². The number of fused-ring (bicyclic) bond motifs is 1. The van der Waals surface area contributed by atoms with E-state index in [1.807, 2.05) is 13.8 Å². The average Bonchev–Trinajstić information content (AvgIpc) is 2.90. The Kier molecular flexibility index (Phi) is 3.86. The Labute approximate surface area is 124 Å². The van der Waals surface area contributed by atoms with Gasteiger partial charge in [0.1, 0.15) is 5.82 Å². The SMILES string of the molecule is Cc1cnc(C)c(NCCCn2ccc3ccccc32)n1. The van der Waals surface area contributed by atoms with Crippen molar-refractivity contribution in [1.29, 1.82) is 0 Å². The van der Waals surface area contributed by atoms with Gasteiger partial charge in [-0.3, -0.25) is 4.98 Å². The molecule has 0 aliphatic rings. The van der Waals surface area contributed by atoms with E-state index in [2.05, 4.69) is 56.4 Å². The van der Waals surface area contributed by atoms with Gasteiger partial charge in [0, 0.05) is 31.0 Å². The lowest BCUT2D eigenvalue weighted by atomic mass is 10.2. The zero-order chi connectivity index (χ0) is 14.7. The minimum absolute atomic E-state index is 0.894. The summed E-state index contributed by atoms with van der Waals surface area (Å²) in [6.45, 7) is 5.84. The first-order valence-electron chi connectivity index (χ1n) is 7.32. The van der Waals surface area contributed by atoms with E-state index in [-0.39, 0.29) is 0 Å². The molecule has 1 N–H and O–H groups in total. The Balaban J connectivity index is 1.58. The van der Waals surface area contributed by atoms with Crippen molar-refractivity contribution in [3.63, 3.8) is 0 Å². The molecule has 21 heavy (non-hydrogen) atoms. The first-order valence-corrected chi connectivity index (χ1v) is 7.32. The van der Waals surface area contributed by atoms with Crippen LogP contribution in [-0.2, 0) is 6.54 Å². The lowest BCUT2D eigenvalue weighted by Gasteiger charge is -2.09. The number of aryl methyl sites for hydroxylation is 3. The van der Waals surface area contributed by atoms with E-state index in [0.29, 0.717) is 0 Å². The highest BCUT2D eigenvalue weighted by molar-refractivity contribution is 5.79. The largest absolute Gasteiger partial charge is 0.368 e. The molecular formula is C17H20N4. The molecule has 0 aliphatic heterocycles. The Morgan fingerprint density at radius 2 is 2.00 bits per heavy atom. The Hall–Kier alpha value is -2.36. The van der Waals surface area contributed by atoms with E-state index in [1.54, 1.807) is 6.20 Å². The quantitative estimate of drug-likeness (QED) is 0.727. The van der Waals surface area contributed by atoms with Crippen LogP contribution in [-0.4, -0.2) is 21.1 Å². The Bertz CT molecular complexity index is 745. The topological polar surface area (TPSA) is 42.7 Å². The van der Waals surface area contributed by atoms with Crippen LogP contribution in [0.4, 0.5) is 5.82 Å². The van der Waals surface area contributed by atoms with Gasteiger partial charge in [-0.2, -0.15) is 0 Å².